The topological polar surface area (TPSA) is 9.23 Å². The number of halogens is 1. The maximum atomic E-state index is 5.84. The van der Waals surface area contributed by atoms with Gasteiger partial charge in [-0.15, -0.1) is 11.6 Å². The maximum Gasteiger partial charge on any atom is 0.122 e. The fourth-order valence-corrected chi connectivity index (χ4v) is 1.93. The number of rotatable bonds is 4. The van der Waals surface area contributed by atoms with E-state index in [4.69, 9.17) is 16.3 Å². The first-order valence-corrected chi connectivity index (χ1v) is 6.56. The molecule has 2 rings (SSSR count). The zero-order chi connectivity index (χ0) is 13.0. The summed E-state index contributed by atoms with van der Waals surface area (Å²) < 4.78 is 5.84. The molecule has 0 aliphatic carbocycles. The number of hydrogen-bond acceptors (Lipinski definition) is 1. The van der Waals surface area contributed by atoms with Crippen molar-refractivity contribution in [2.75, 3.05) is 0 Å². The molecule has 2 aromatic carbocycles. The van der Waals surface area contributed by atoms with E-state index in [-0.39, 0.29) is 0 Å². The van der Waals surface area contributed by atoms with Gasteiger partial charge < -0.3 is 4.74 Å². The molecule has 0 amide bonds. The molecule has 0 bridgehead atoms. The van der Waals surface area contributed by atoms with Crippen LogP contribution in [-0.2, 0) is 12.5 Å². The number of ether oxygens (including phenoxy) is 1. The molecule has 0 spiro atoms. The Morgan fingerprint density at radius 1 is 0.944 bits per heavy atom. The van der Waals surface area contributed by atoms with Crippen molar-refractivity contribution in [3.8, 4) is 5.75 Å². The van der Waals surface area contributed by atoms with Crippen LogP contribution < -0.4 is 4.74 Å². The molecule has 0 aliphatic heterocycles. The zero-order valence-electron chi connectivity index (χ0n) is 10.7. The third-order valence-corrected chi connectivity index (χ3v) is 3.22. The summed E-state index contributed by atoms with van der Waals surface area (Å²) in [5.74, 6) is 1.51. The fraction of sp³-hybridized carbons (Fsp3) is 0.250. The van der Waals surface area contributed by atoms with Crippen LogP contribution in [0.2, 0.25) is 0 Å². The lowest BCUT2D eigenvalue weighted by Crippen LogP contribution is -1.97. The minimum atomic E-state index is 0.554. The molecule has 0 heterocycles. The second kappa shape index (κ2) is 5.92. The summed E-state index contributed by atoms with van der Waals surface area (Å²) in [6.45, 7) is 4.72. The molecule has 18 heavy (non-hydrogen) atoms. The quantitative estimate of drug-likeness (QED) is 0.729. The number of benzene rings is 2. The summed E-state index contributed by atoms with van der Waals surface area (Å²) in [5, 5.41) is 0. The third kappa shape index (κ3) is 3.27. The lowest BCUT2D eigenvalue weighted by Gasteiger charge is -2.10. The normalized spacial score (nSPS) is 10.4. The van der Waals surface area contributed by atoms with Gasteiger partial charge >= 0.3 is 0 Å². The van der Waals surface area contributed by atoms with Gasteiger partial charge in [0.1, 0.15) is 12.4 Å². The lowest BCUT2D eigenvalue weighted by atomic mass is 10.1. The third-order valence-electron chi connectivity index (χ3n) is 2.92. The van der Waals surface area contributed by atoms with Gasteiger partial charge in [-0.25, -0.2) is 0 Å². The SMILES string of the molecule is Cc1ccc(C)c(OCc2ccc(CCl)cc2)c1. The molecule has 0 radical (unpaired) electrons. The van der Waals surface area contributed by atoms with Crippen LogP contribution in [0.25, 0.3) is 0 Å². The highest BCUT2D eigenvalue weighted by Gasteiger charge is 2.01. The van der Waals surface area contributed by atoms with E-state index in [0.717, 1.165) is 22.4 Å². The van der Waals surface area contributed by atoms with E-state index in [1.165, 1.54) is 5.56 Å². The molecule has 94 valence electrons. The Morgan fingerprint density at radius 2 is 1.61 bits per heavy atom. The van der Waals surface area contributed by atoms with Crippen LogP contribution in [0.15, 0.2) is 42.5 Å². The van der Waals surface area contributed by atoms with Crippen LogP contribution in [-0.4, -0.2) is 0 Å². The van der Waals surface area contributed by atoms with E-state index in [2.05, 4.69) is 44.2 Å². The average molecular weight is 261 g/mol. The van der Waals surface area contributed by atoms with Gasteiger partial charge in [-0.1, -0.05) is 36.4 Å². The van der Waals surface area contributed by atoms with E-state index in [1.54, 1.807) is 0 Å². The Bertz CT molecular complexity index is 517. The first kappa shape index (κ1) is 13.0. The van der Waals surface area contributed by atoms with Crippen molar-refractivity contribution < 1.29 is 4.74 Å². The second-order valence-corrected chi connectivity index (χ2v) is 4.78. The minimum Gasteiger partial charge on any atom is -0.489 e. The van der Waals surface area contributed by atoms with E-state index in [9.17, 15) is 0 Å². The van der Waals surface area contributed by atoms with Crippen molar-refractivity contribution in [1.82, 2.24) is 0 Å². The van der Waals surface area contributed by atoms with Gasteiger partial charge in [-0.2, -0.15) is 0 Å². The zero-order valence-corrected chi connectivity index (χ0v) is 11.5. The van der Waals surface area contributed by atoms with Crippen molar-refractivity contribution >= 4 is 11.6 Å². The van der Waals surface area contributed by atoms with Crippen molar-refractivity contribution in [3.63, 3.8) is 0 Å². The smallest absolute Gasteiger partial charge is 0.122 e. The van der Waals surface area contributed by atoms with E-state index < -0.39 is 0 Å². The first-order valence-electron chi connectivity index (χ1n) is 6.03. The summed E-state index contributed by atoms with van der Waals surface area (Å²) in [6.07, 6.45) is 0. The monoisotopic (exact) mass is 260 g/mol. The van der Waals surface area contributed by atoms with E-state index in [1.807, 2.05) is 12.1 Å². The molecule has 1 nitrogen and oxygen atoms in total. The Kier molecular flexibility index (Phi) is 4.27. The maximum absolute atomic E-state index is 5.84. The summed E-state index contributed by atoms with van der Waals surface area (Å²) in [5.41, 5.74) is 4.67. The van der Waals surface area contributed by atoms with Crippen molar-refractivity contribution in [2.45, 2.75) is 26.3 Å². The number of alkyl halides is 1. The highest BCUT2D eigenvalue weighted by atomic mass is 35.5. The standard InChI is InChI=1S/C16H17ClO/c1-12-3-4-13(2)16(9-12)18-11-15-7-5-14(10-17)6-8-15/h3-9H,10-11H2,1-2H3. The van der Waals surface area contributed by atoms with Crippen molar-refractivity contribution in [3.05, 3.63) is 64.7 Å². The molecule has 0 N–H and O–H groups in total. The van der Waals surface area contributed by atoms with Crippen LogP contribution in [0.3, 0.4) is 0 Å². The molecule has 0 atom stereocenters. The first-order chi connectivity index (χ1) is 8.69. The van der Waals surface area contributed by atoms with Gasteiger partial charge in [0.2, 0.25) is 0 Å². The molecule has 0 saturated carbocycles. The second-order valence-electron chi connectivity index (χ2n) is 4.51. The number of aryl methyl sites for hydroxylation is 2. The van der Waals surface area contributed by atoms with Gasteiger partial charge in [-0.05, 0) is 42.2 Å². The van der Waals surface area contributed by atoms with Crippen molar-refractivity contribution in [1.29, 1.82) is 0 Å². The molecule has 2 aromatic rings. The average Bonchev–Trinajstić information content (AvgIpc) is 2.40. The Labute approximate surface area is 113 Å². The Hall–Kier alpha value is -1.47. The molecule has 0 saturated heterocycles. The van der Waals surface area contributed by atoms with Gasteiger partial charge in [0.05, 0.1) is 0 Å². The summed E-state index contributed by atoms with van der Waals surface area (Å²) >= 11 is 5.76. The van der Waals surface area contributed by atoms with Crippen molar-refractivity contribution in [2.24, 2.45) is 0 Å². The molecular formula is C16H17ClO. The highest BCUT2D eigenvalue weighted by Crippen LogP contribution is 2.20. The van der Waals surface area contributed by atoms with Crippen LogP contribution >= 0.6 is 11.6 Å². The van der Waals surface area contributed by atoms with Gasteiger partial charge in [0.15, 0.2) is 0 Å². The summed E-state index contributed by atoms with van der Waals surface area (Å²) in [4.78, 5) is 0. The van der Waals surface area contributed by atoms with E-state index >= 15 is 0 Å². The largest absolute Gasteiger partial charge is 0.489 e. The molecular weight excluding hydrogens is 244 g/mol. The highest BCUT2D eigenvalue weighted by molar-refractivity contribution is 6.17. The van der Waals surface area contributed by atoms with Crippen LogP contribution in [0.5, 0.6) is 5.75 Å². The lowest BCUT2D eigenvalue weighted by molar-refractivity contribution is 0.304. The van der Waals surface area contributed by atoms with Gasteiger partial charge in [0.25, 0.3) is 0 Å². The predicted molar refractivity (Wildman–Crippen MR) is 76.2 cm³/mol. The molecule has 2 heteroatoms. The molecule has 0 fully saturated rings. The van der Waals surface area contributed by atoms with Crippen LogP contribution in [0.1, 0.15) is 22.3 Å². The van der Waals surface area contributed by atoms with Crippen LogP contribution in [0.4, 0.5) is 0 Å². The molecule has 0 aromatic heterocycles. The van der Waals surface area contributed by atoms with Crippen LogP contribution in [0, 0.1) is 13.8 Å². The minimum absolute atomic E-state index is 0.554. The summed E-state index contributed by atoms with van der Waals surface area (Å²) in [7, 11) is 0. The van der Waals surface area contributed by atoms with E-state index in [0.29, 0.717) is 12.5 Å². The summed E-state index contributed by atoms with van der Waals surface area (Å²) in [6, 6.07) is 14.4. The van der Waals surface area contributed by atoms with Gasteiger partial charge in [-0.3, -0.25) is 0 Å². The molecule has 0 aliphatic rings. The Morgan fingerprint density at radius 3 is 2.28 bits per heavy atom. The van der Waals surface area contributed by atoms with Gasteiger partial charge in [0, 0.05) is 5.88 Å². The fourth-order valence-electron chi connectivity index (χ4n) is 1.75. The molecule has 0 unspecified atom stereocenters. The predicted octanol–water partition coefficient (Wildman–Crippen LogP) is 4.62. The Balaban J connectivity index is 2.04. The number of hydrogen-bond donors (Lipinski definition) is 0.